The SMILES string of the molecule is Cc1cc(C)c(CNC(=O)C(NC(=O)C2CC2)C(C)O)c(C)c1. The van der Waals surface area contributed by atoms with Crippen molar-refractivity contribution in [3.05, 3.63) is 34.4 Å². The second-order valence-electron chi connectivity index (χ2n) is 6.60. The van der Waals surface area contributed by atoms with Crippen molar-refractivity contribution in [3.63, 3.8) is 0 Å². The second kappa shape index (κ2) is 7.13. The van der Waals surface area contributed by atoms with Crippen molar-refractivity contribution in [2.24, 2.45) is 5.92 Å². The summed E-state index contributed by atoms with van der Waals surface area (Å²) in [5, 5.41) is 15.3. The van der Waals surface area contributed by atoms with E-state index in [0.717, 1.165) is 29.5 Å². The van der Waals surface area contributed by atoms with Gasteiger partial charge in [-0.05, 0) is 57.2 Å². The van der Waals surface area contributed by atoms with Gasteiger partial charge in [0.15, 0.2) is 0 Å². The number of amides is 2. The third-order valence-electron chi connectivity index (χ3n) is 4.29. The van der Waals surface area contributed by atoms with Crippen LogP contribution in [0.1, 0.15) is 42.0 Å². The fourth-order valence-corrected chi connectivity index (χ4v) is 2.80. The lowest BCUT2D eigenvalue weighted by atomic mass is 9.99. The Hall–Kier alpha value is -1.88. The third kappa shape index (κ3) is 4.55. The Balaban J connectivity index is 2.00. The van der Waals surface area contributed by atoms with E-state index in [2.05, 4.69) is 22.8 Å². The maximum absolute atomic E-state index is 12.3. The van der Waals surface area contributed by atoms with Crippen molar-refractivity contribution in [3.8, 4) is 0 Å². The van der Waals surface area contributed by atoms with E-state index >= 15 is 0 Å². The molecule has 0 radical (unpaired) electrons. The number of nitrogens with one attached hydrogen (secondary N) is 2. The highest BCUT2D eigenvalue weighted by molar-refractivity contribution is 5.89. The molecule has 1 aromatic carbocycles. The minimum atomic E-state index is -0.932. The molecule has 1 aromatic rings. The van der Waals surface area contributed by atoms with Crippen molar-refractivity contribution < 1.29 is 14.7 Å². The number of hydrogen-bond donors (Lipinski definition) is 3. The molecule has 1 fully saturated rings. The van der Waals surface area contributed by atoms with E-state index in [-0.39, 0.29) is 17.7 Å². The molecular formula is C18H26N2O3. The van der Waals surface area contributed by atoms with E-state index < -0.39 is 12.1 Å². The monoisotopic (exact) mass is 318 g/mol. The van der Waals surface area contributed by atoms with Gasteiger partial charge in [-0.15, -0.1) is 0 Å². The lowest BCUT2D eigenvalue weighted by Gasteiger charge is -2.21. The van der Waals surface area contributed by atoms with Crippen LogP contribution in [0.4, 0.5) is 0 Å². The maximum atomic E-state index is 12.3. The molecule has 0 saturated heterocycles. The first-order chi connectivity index (χ1) is 10.8. The fraction of sp³-hybridized carbons (Fsp3) is 0.556. The van der Waals surface area contributed by atoms with Crippen LogP contribution in [0, 0.1) is 26.7 Å². The number of aliphatic hydroxyl groups excluding tert-OH is 1. The largest absolute Gasteiger partial charge is 0.391 e. The Morgan fingerprint density at radius 2 is 1.78 bits per heavy atom. The molecule has 23 heavy (non-hydrogen) atoms. The zero-order valence-corrected chi connectivity index (χ0v) is 14.3. The highest BCUT2D eigenvalue weighted by Crippen LogP contribution is 2.29. The lowest BCUT2D eigenvalue weighted by molar-refractivity contribution is -0.132. The van der Waals surface area contributed by atoms with Gasteiger partial charge >= 0.3 is 0 Å². The van der Waals surface area contributed by atoms with Crippen molar-refractivity contribution in [1.82, 2.24) is 10.6 Å². The van der Waals surface area contributed by atoms with Crippen LogP contribution in [0.25, 0.3) is 0 Å². The molecule has 0 heterocycles. The molecule has 5 nitrogen and oxygen atoms in total. The van der Waals surface area contributed by atoms with Crippen LogP contribution in [0.5, 0.6) is 0 Å². The molecule has 1 aliphatic carbocycles. The Kier molecular flexibility index (Phi) is 5.42. The normalized spacial score (nSPS) is 16.6. The van der Waals surface area contributed by atoms with Crippen LogP contribution < -0.4 is 10.6 Å². The van der Waals surface area contributed by atoms with Crippen LogP contribution in [0.3, 0.4) is 0 Å². The van der Waals surface area contributed by atoms with E-state index in [1.165, 1.54) is 12.5 Å². The van der Waals surface area contributed by atoms with E-state index in [1.54, 1.807) is 0 Å². The maximum Gasteiger partial charge on any atom is 0.245 e. The summed E-state index contributed by atoms with van der Waals surface area (Å²) in [7, 11) is 0. The summed E-state index contributed by atoms with van der Waals surface area (Å²) in [4.78, 5) is 24.2. The Bertz CT molecular complexity index is 583. The van der Waals surface area contributed by atoms with E-state index in [9.17, 15) is 14.7 Å². The van der Waals surface area contributed by atoms with E-state index in [1.807, 2.05) is 20.8 Å². The van der Waals surface area contributed by atoms with Crippen molar-refractivity contribution in [1.29, 1.82) is 0 Å². The Labute approximate surface area is 137 Å². The average Bonchev–Trinajstić information content (AvgIpc) is 3.27. The molecular weight excluding hydrogens is 292 g/mol. The van der Waals surface area contributed by atoms with Crippen LogP contribution >= 0.6 is 0 Å². The molecule has 1 saturated carbocycles. The quantitative estimate of drug-likeness (QED) is 0.744. The Morgan fingerprint density at radius 1 is 1.22 bits per heavy atom. The van der Waals surface area contributed by atoms with Crippen LogP contribution in [0.15, 0.2) is 12.1 Å². The summed E-state index contributed by atoms with van der Waals surface area (Å²) in [6.07, 6.45) is 0.793. The number of benzene rings is 1. The molecule has 0 bridgehead atoms. The van der Waals surface area contributed by atoms with Gasteiger partial charge in [-0.1, -0.05) is 17.7 Å². The second-order valence-corrected chi connectivity index (χ2v) is 6.60. The number of aliphatic hydroxyl groups is 1. The van der Waals surface area contributed by atoms with E-state index in [0.29, 0.717) is 6.54 Å². The average molecular weight is 318 g/mol. The molecule has 0 aromatic heterocycles. The Morgan fingerprint density at radius 3 is 2.26 bits per heavy atom. The summed E-state index contributed by atoms with van der Waals surface area (Å²) < 4.78 is 0. The van der Waals surface area contributed by atoms with Crippen molar-refractivity contribution in [2.75, 3.05) is 0 Å². The molecule has 2 unspecified atom stereocenters. The van der Waals surface area contributed by atoms with Gasteiger partial charge in [-0.3, -0.25) is 9.59 Å². The van der Waals surface area contributed by atoms with Crippen molar-refractivity contribution in [2.45, 2.75) is 59.2 Å². The molecule has 3 N–H and O–H groups in total. The molecule has 0 aliphatic heterocycles. The molecule has 0 spiro atoms. The highest BCUT2D eigenvalue weighted by atomic mass is 16.3. The number of carbonyl (C=O) groups excluding carboxylic acids is 2. The van der Waals surface area contributed by atoms with Crippen LogP contribution in [-0.4, -0.2) is 29.1 Å². The van der Waals surface area contributed by atoms with Gasteiger partial charge in [0.1, 0.15) is 6.04 Å². The molecule has 1 aliphatic rings. The number of aryl methyl sites for hydroxylation is 3. The predicted molar refractivity (Wildman–Crippen MR) is 88.8 cm³/mol. The van der Waals surface area contributed by atoms with Gasteiger partial charge in [0.25, 0.3) is 0 Å². The van der Waals surface area contributed by atoms with Gasteiger partial charge in [-0.2, -0.15) is 0 Å². The summed E-state index contributed by atoms with van der Waals surface area (Å²) in [6, 6.07) is 3.25. The fourth-order valence-electron chi connectivity index (χ4n) is 2.80. The summed E-state index contributed by atoms with van der Waals surface area (Å²) in [6.45, 7) is 7.98. The first kappa shape index (κ1) is 17.5. The smallest absolute Gasteiger partial charge is 0.245 e. The molecule has 2 atom stereocenters. The zero-order valence-electron chi connectivity index (χ0n) is 14.3. The van der Waals surface area contributed by atoms with Crippen LogP contribution in [-0.2, 0) is 16.1 Å². The standard InChI is InChI=1S/C18H26N2O3/c1-10-7-11(2)15(12(3)8-10)9-19-18(23)16(13(4)21)20-17(22)14-5-6-14/h7-8,13-14,16,21H,5-6,9H2,1-4H3,(H,19,23)(H,20,22). The minimum absolute atomic E-state index is 0.00522. The number of rotatable bonds is 6. The van der Waals surface area contributed by atoms with Gasteiger partial charge in [-0.25, -0.2) is 0 Å². The van der Waals surface area contributed by atoms with Gasteiger partial charge in [0.2, 0.25) is 11.8 Å². The highest BCUT2D eigenvalue weighted by Gasteiger charge is 2.34. The van der Waals surface area contributed by atoms with Gasteiger partial charge < -0.3 is 15.7 Å². The summed E-state index contributed by atoms with van der Waals surface area (Å²) in [5.41, 5.74) is 4.51. The molecule has 126 valence electrons. The number of hydrogen-bond acceptors (Lipinski definition) is 3. The topological polar surface area (TPSA) is 78.4 Å². The first-order valence-electron chi connectivity index (χ1n) is 8.12. The minimum Gasteiger partial charge on any atom is -0.391 e. The molecule has 2 rings (SSSR count). The van der Waals surface area contributed by atoms with E-state index in [4.69, 9.17) is 0 Å². The van der Waals surface area contributed by atoms with Crippen molar-refractivity contribution >= 4 is 11.8 Å². The lowest BCUT2D eigenvalue weighted by Crippen LogP contribution is -2.52. The first-order valence-corrected chi connectivity index (χ1v) is 8.12. The predicted octanol–water partition coefficient (Wildman–Crippen LogP) is 1.50. The third-order valence-corrected chi connectivity index (χ3v) is 4.29. The summed E-state index contributed by atoms with van der Waals surface area (Å²) in [5.74, 6) is -0.493. The summed E-state index contributed by atoms with van der Waals surface area (Å²) >= 11 is 0. The number of carbonyl (C=O) groups is 2. The van der Waals surface area contributed by atoms with Crippen LogP contribution in [0.2, 0.25) is 0 Å². The molecule has 2 amide bonds. The van der Waals surface area contributed by atoms with Gasteiger partial charge in [0, 0.05) is 12.5 Å². The van der Waals surface area contributed by atoms with Gasteiger partial charge in [0.05, 0.1) is 6.10 Å². The zero-order chi connectivity index (χ0) is 17.1. The molecule has 5 heteroatoms.